The van der Waals surface area contributed by atoms with Gasteiger partial charge in [-0.15, -0.1) is 0 Å². The van der Waals surface area contributed by atoms with Crippen LogP contribution < -0.4 is 11.3 Å². The Morgan fingerprint density at radius 3 is 2.61 bits per heavy atom. The number of carbonyl (C=O) groups excluding carboxylic acids is 1. The van der Waals surface area contributed by atoms with E-state index < -0.39 is 0 Å². The summed E-state index contributed by atoms with van der Waals surface area (Å²) in [7, 11) is 0. The summed E-state index contributed by atoms with van der Waals surface area (Å²) in [6.45, 7) is 9.26. The maximum Gasteiger partial charge on any atom is 0.252 e. The molecule has 1 aliphatic heterocycles. The van der Waals surface area contributed by atoms with Crippen molar-refractivity contribution in [1.82, 2.24) is 24.6 Å². The highest BCUT2D eigenvalue weighted by Crippen LogP contribution is 2.22. The average Bonchev–Trinajstić information content (AvgIpc) is 2.93. The molecule has 3 rings (SSSR count). The van der Waals surface area contributed by atoms with Crippen molar-refractivity contribution in [2.45, 2.75) is 59.4 Å². The molecular weight excluding hydrogens is 356 g/mol. The van der Waals surface area contributed by atoms with Gasteiger partial charge in [-0.05, 0) is 58.4 Å². The Morgan fingerprint density at radius 2 is 2.00 bits per heavy atom. The lowest BCUT2D eigenvalue weighted by Crippen LogP contribution is -2.42. The van der Waals surface area contributed by atoms with Crippen molar-refractivity contribution in [3.63, 3.8) is 0 Å². The fourth-order valence-electron chi connectivity index (χ4n) is 3.97. The van der Waals surface area contributed by atoms with E-state index in [1.54, 1.807) is 11.6 Å². The molecule has 28 heavy (non-hydrogen) atoms. The van der Waals surface area contributed by atoms with Crippen LogP contribution in [0.3, 0.4) is 0 Å². The zero-order chi connectivity index (χ0) is 20.4. The number of nitrogens with zero attached hydrogens (tertiary/aromatic N) is 4. The van der Waals surface area contributed by atoms with Crippen molar-refractivity contribution < 1.29 is 4.79 Å². The fourth-order valence-corrected chi connectivity index (χ4v) is 3.97. The summed E-state index contributed by atoms with van der Waals surface area (Å²) in [5.41, 5.74) is 9.20. The third-order valence-electron chi connectivity index (χ3n) is 5.72. The number of amides is 1. The molecule has 0 radical (unpaired) electrons. The van der Waals surface area contributed by atoms with E-state index in [-0.39, 0.29) is 17.5 Å². The number of hydrogen-bond donors (Lipinski definition) is 2. The Hall–Kier alpha value is -2.48. The summed E-state index contributed by atoms with van der Waals surface area (Å²) < 4.78 is 1.65. The highest BCUT2D eigenvalue weighted by Gasteiger charge is 2.25. The molecule has 0 spiro atoms. The number of piperidine rings is 1. The highest BCUT2D eigenvalue weighted by molar-refractivity contribution is 5.76. The van der Waals surface area contributed by atoms with E-state index in [1.807, 2.05) is 25.7 Å². The fraction of sp³-hybridized carbons (Fsp3) is 0.600. The van der Waals surface area contributed by atoms with Crippen molar-refractivity contribution in [2.75, 3.05) is 13.1 Å². The van der Waals surface area contributed by atoms with Crippen LogP contribution in [0, 0.1) is 26.7 Å². The van der Waals surface area contributed by atoms with Crippen molar-refractivity contribution in [3.05, 3.63) is 39.1 Å². The van der Waals surface area contributed by atoms with Crippen LogP contribution in [0.2, 0.25) is 0 Å². The summed E-state index contributed by atoms with van der Waals surface area (Å²) in [5.74, 6) is 1.09. The zero-order valence-corrected chi connectivity index (χ0v) is 17.2. The average molecular weight is 387 g/mol. The van der Waals surface area contributed by atoms with Crippen molar-refractivity contribution >= 4 is 5.91 Å². The van der Waals surface area contributed by atoms with Crippen LogP contribution in [0.1, 0.15) is 48.8 Å². The van der Waals surface area contributed by atoms with Gasteiger partial charge in [-0.2, -0.15) is 5.10 Å². The third kappa shape index (κ3) is 4.32. The molecule has 0 aliphatic carbocycles. The van der Waals surface area contributed by atoms with E-state index in [0.29, 0.717) is 30.4 Å². The van der Waals surface area contributed by atoms with E-state index in [4.69, 9.17) is 5.73 Å². The zero-order valence-electron chi connectivity index (χ0n) is 17.2. The molecule has 3 N–H and O–H groups in total. The van der Waals surface area contributed by atoms with E-state index in [9.17, 15) is 9.59 Å². The molecule has 2 aromatic rings. The molecule has 8 nitrogen and oxygen atoms in total. The molecule has 8 heteroatoms. The molecule has 3 heterocycles. The minimum absolute atomic E-state index is 0.178. The van der Waals surface area contributed by atoms with Crippen LogP contribution in [0.5, 0.6) is 0 Å². The van der Waals surface area contributed by atoms with Crippen LogP contribution >= 0.6 is 0 Å². The van der Waals surface area contributed by atoms with Crippen molar-refractivity contribution in [2.24, 2.45) is 11.7 Å². The number of nitrogens with one attached hydrogen (secondary N) is 1. The number of hydrogen-bond acceptors (Lipinski definition) is 5. The number of aromatic nitrogens is 4. The van der Waals surface area contributed by atoms with Gasteiger partial charge in [0.15, 0.2) is 0 Å². The number of carbonyl (C=O) groups is 1. The van der Waals surface area contributed by atoms with Crippen LogP contribution in [0.15, 0.2) is 10.9 Å². The molecule has 1 amide bonds. The number of rotatable bonds is 5. The summed E-state index contributed by atoms with van der Waals surface area (Å²) >= 11 is 0. The summed E-state index contributed by atoms with van der Waals surface area (Å²) in [6.07, 6.45) is 3.03. The molecule has 1 atom stereocenters. The molecule has 0 unspecified atom stereocenters. The SMILES string of the molecule is Cc1cc(=O)[nH]c(-n2nc(C)c(CCC(=O)N3CCC([C@@H](C)N)CC3)c2C)n1. The lowest BCUT2D eigenvalue weighted by molar-refractivity contribution is -0.132. The first-order valence-electron chi connectivity index (χ1n) is 9.93. The summed E-state index contributed by atoms with van der Waals surface area (Å²) in [4.78, 5) is 33.4. The molecule has 1 saturated heterocycles. The van der Waals surface area contributed by atoms with Crippen LogP contribution in [-0.2, 0) is 11.2 Å². The lowest BCUT2D eigenvalue weighted by atomic mass is 9.91. The Bertz CT molecular complexity index is 906. The van der Waals surface area contributed by atoms with Gasteiger partial charge >= 0.3 is 0 Å². The molecule has 1 fully saturated rings. The molecule has 2 aromatic heterocycles. The highest BCUT2D eigenvalue weighted by atomic mass is 16.2. The van der Waals surface area contributed by atoms with Gasteiger partial charge in [-0.3, -0.25) is 14.6 Å². The smallest absolute Gasteiger partial charge is 0.252 e. The first-order chi connectivity index (χ1) is 13.3. The first kappa shape index (κ1) is 20.3. The van der Waals surface area contributed by atoms with Crippen LogP contribution in [0.4, 0.5) is 0 Å². The molecule has 1 aliphatic rings. The number of H-pyrrole nitrogens is 1. The van der Waals surface area contributed by atoms with Gasteiger partial charge in [0, 0.05) is 43.0 Å². The minimum atomic E-state index is -0.206. The first-order valence-corrected chi connectivity index (χ1v) is 9.93. The maximum absolute atomic E-state index is 12.6. The number of aryl methyl sites for hydroxylation is 2. The third-order valence-corrected chi connectivity index (χ3v) is 5.72. The van der Waals surface area contributed by atoms with Gasteiger partial charge in [0.05, 0.1) is 5.69 Å². The second kappa shape index (κ2) is 8.26. The number of nitrogens with two attached hydrogens (primary N) is 1. The van der Waals surface area contributed by atoms with Gasteiger partial charge in [0.2, 0.25) is 11.9 Å². The van der Waals surface area contributed by atoms with Gasteiger partial charge < -0.3 is 10.6 Å². The standard InChI is InChI=1S/C20H30N6O2/c1-12-11-18(27)23-20(22-12)26-15(4)17(14(3)24-26)5-6-19(28)25-9-7-16(8-10-25)13(2)21/h11,13,16H,5-10,21H2,1-4H3,(H,22,23,27)/t13-/m1/s1. The van der Waals surface area contributed by atoms with Gasteiger partial charge in [0.25, 0.3) is 5.56 Å². The second-order valence-electron chi connectivity index (χ2n) is 7.85. The number of likely N-dealkylation sites (tertiary alicyclic amines) is 1. The van der Waals surface area contributed by atoms with E-state index in [0.717, 1.165) is 42.9 Å². The van der Waals surface area contributed by atoms with Crippen LogP contribution in [0.25, 0.3) is 5.95 Å². The largest absolute Gasteiger partial charge is 0.343 e. The molecule has 0 saturated carbocycles. The molecule has 152 valence electrons. The monoisotopic (exact) mass is 386 g/mol. The van der Waals surface area contributed by atoms with Gasteiger partial charge in [0.1, 0.15) is 0 Å². The molecule has 0 aromatic carbocycles. The lowest BCUT2D eigenvalue weighted by Gasteiger charge is -2.33. The Labute approximate surface area is 165 Å². The van der Waals surface area contributed by atoms with E-state index >= 15 is 0 Å². The maximum atomic E-state index is 12.6. The Morgan fingerprint density at radius 1 is 1.32 bits per heavy atom. The summed E-state index contributed by atoms with van der Waals surface area (Å²) in [5, 5.41) is 4.53. The predicted octanol–water partition coefficient (Wildman–Crippen LogP) is 1.40. The van der Waals surface area contributed by atoms with Gasteiger partial charge in [-0.1, -0.05) is 0 Å². The number of aromatic amines is 1. The normalized spacial score (nSPS) is 16.4. The summed E-state index contributed by atoms with van der Waals surface area (Å²) in [6, 6.07) is 1.64. The second-order valence-corrected chi connectivity index (χ2v) is 7.85. The Kier molecular flexibility index (Phi) is 5.98. The van der Waals surface area contributed by atoms with E-state index in [2.05, 4.69) is 15.1 Å². The van der Waals surface area contributed by atoms with Crippen molar-refractivity contribution in [3.8, 4) is 5.95 Å². The van der Waals surface area contributed by atoms with E-state index in [1.165, 1.54) is 6.07 Å². The topological polar surface area (TPSA) is 110 Å². The minimum Gasteiger partial charge on any atom is -0.343 e. The van der Waals surface area contributed by atoms with Crippen LogP contribution in [-0.4, -0.2) is 49.7 Å². The Balaban J connectivity index is 1.68. The quantitative estimate of drug-likeness (QED) is 0.807. The molecular formula is C20H30N6O2. The van der Waals surface area contributed by atoms with Gasteiger partial charge in [-0.25, -0.2) is 9.67 Å². The molecule has 0 bridgehead atoms. The predicted molar refractivity (Wildman–Crippen MR) is 107 cm³/mol. The van der Waals surface area contributed by atoms with Crippen molar-refractivity contribution in [1.29, 1.82) is 0 Å².